The summed E-state index contributed by atoms with van der Waals surface area (Å²) in [5.41, 5.74) is 1.89. The highest BCUT2D eigenvalue weighted by atomic mass is 35.5. The van der Waals surface area contributed by atoms with E-state index in [9.17, 15) is 4.79 Å². The van der Waals surface area contributed by atoms with Crippen LogP contribution in [-0.4, -0.2) is 30.8 Å². The summed E-state index contributed by atoms with van der Waals surface area (Å²) in [7, 11) is 0. The Morgan fingerprint density at radius 2 is 1.81 bits per heavy atom. The van der Waals surface area contributed by atoms with Crippen molar-refractivity contribution in [1.82, 2.24) is 24.7 Å². The fraction of sp³-hybridized carbons (Fsp3) is 0. The van der Waals surface area contributed by atoms with Crippen molar-refractivity contribution in [3.63, 3.8) is 0 Å². The molecule has 9 heteroatoms. The van der Waals surface area contributed by atoms with Crippen LogP contribution in [0.2, 0.25) is 5.02 Å². The Morgan fingerprint density at radius 1 is 1.04 bits per heavy atom. The Morgan fingerprint density at radius 3 is 2.58 bits per heavy atom. The first-order chi connectivity index (χ1) is 12.7. The van der Waals surface area contributed by atoms with E-state index in [1.54, 1.807) is 12.3 Å². The van der Waals surface area contributed by atoms with Crippen LogP contribution in [0.5, 0.6) is 0 Å². The summed E-state index contributed by atoms with van der Waals surface area (Å²) in [6, 6.07) is 10.7. The Balaban J connectivity index is 1.48. The van der Waals surface area contributed by atoms with Crippen molar-refractivity contribution in [2.24, 2.45) is 0 Å². The molecule has 0 atom stereocenters. The molecule has 2 amide bonds. The molecular weight excluding hydrogens is 354 g/mol. The van der Waals surface area contributed by atoms with E-state index < -0.39 is 6.03 Å². The van der Waals surface area contributed by atoms with Crippen molar-refractivity contribution < 1.29 is 4.79 Å². The minimum absolute atomic E-state index is 0.334. The van der Waals surface area contributed by atoms with Crippen LogP contribution in [0.4, 0.5) is 16.2 Å². The number of urea groups is 1. The summed E-state index contributed by atoms with van der Waals surface area (Å²) in [6.07, 6.45) is 5.96. The van der Waals surface area contributed by atoms with Gasteiger partial charge in [0.25, 0.3) is 0 Å². The van der Waals surface area contributed by atoms with E-state index in [1.165, 1.54) is 23.5 Å². The molecule has 0 bridgehead atoms. The molecule has 0 saturated heterocycles. The first-order valence-electron chi connectivity index (χ1n) is 7.62. The van der Waals surface area contributed by atoms with Crippen LogP contribution >= 0.6 is 11.6 Å². The van der Waals surface area contributed by atoms with Gasteiger partial charge in [0.15, 0.2) is 5.82 Å². The number of amides is 2. The number of benzene rings is 1. The summed E-state index contributed by atoms with van der Waals surface area (Å²) >= 11 is 6.20. The van der Waals surface area contributed by atoms with Crippen molar-refractivity contribution in [3.8, 4) is 5.82 Å². The highest BCUT2D eigenvalue weighted by molar-refractivity contribution is 6.32. The molecule has 8 nitrogen and oxygen atoms in total. The predicted molar refractivity (Wildman–Crippen MR) is 98.5 cm³/mol. The lowest BCUT2D eigenvalue weighted by Crippen LogP contribution is -2.19. The van der Waals surface area contributed by atoms with Gasteiger partial charge in [-0.2, -0.15) is 5.10 Å². The lowest BCUT2D eigenvalue weighted by molar-refractivity contribution is 0.262. The third-order valence-electron chi connectivity index (χ3n) is 3.56. The van der Waals surface area contributed by atoms with Gasteiger partial charge in [-0.25, -0.2) is 19.4 Å². The molecule has 0 saturated carbocycles. The van der Waals surface area contributed by atoms with Crippen molar-refractivity contribution in [2.75, 3.05) is 10.6 Å². The standard InChI is InChI=1S/C17H12ClN7O/c18-14-6-13(8-21-16(14)25-10-19-9-22-25)24-17(26)23-12-5-11-3-1-2-4-15(11)20-7-12/h1-10H,(H2,23,24,26). The number of anilines is 2. The molecule has 0 aliphatic rings. The summed E-state index contributed by atoms with van der Waals surface area (Å²) in [4.78, 5) is 24.5. The van der Waals surface area contributed by atoms with Gasteiger partial charge in [0.1, 0.15) is 12.7 Å². The number of rotatable bonds is 3. The van der Waals surface area contributed by atoms with Gasteiger partial charge in [-0.15, -0.1) is 0 Å². The number of hydrogen-bond acceptors (Lipinski definition) is 5. The first-order valence-corrected chi connectivity index (χ1v) is 8.00. The molecule has 3 heterocycles. The summed E-state index contributed by atoms with van der Waals surface area (Å²) in [6.45, 7) is 0. The number of hydrogen-bond donors (Lipinski definition) is 2. The van der Waals surface area contributed by atoms with E-state index in [2.05, 4.69) is 30.7 Å². The maximum absolute atomic E-state index is 12.2. The van der Waals surface area contributed by atoms with Crippen molar-refractivity contribution in [1.29, 1.82) is 0 Å². The zero-order chi connectivity index (χ0) is 17.9. The highest BCUT2D eigenvalue weighted by Crippen LogP contribution is 2.21. The lowest BCUT2D eigenvalue weighted by Gasteiger charge is -2.09. The van der Waals surface area contributed by atoms with Gasteiger partial charge in [-0.05, 0) is 18.2 Å². The Bertz CT molecular complexity index is 1080. The van der Waals surface area contributed by atoms with Crippen LogP contribution in [-0.2, 0) is 0 Å². The van der Waals surface area contributed by atoms with Gasteiger partial charge >= 0.3 is 6.03 Å². The smallest absolute Gasteiger partial charge is 0.306 e. The number of nitrogens with zero attached hydrogens (tertiary/aromatic N) is 5. The average molecular weight is 366 g/mol. The van der Waals surface area contributed by atoms with Crippen LogP contribution in [0.3, 0.4) is 0 Å². The molecule has 0 fully saturated rings. The number of aromatic nitrogens is 5. The largest absolute Gasteiger partial charge is 0.323 e. The first kappa shape index (κ1) is 16.0. The normalized spacial score (nSPS) is 10.7. The van der Waals surface area contributed by atoms with E-state index in [-0.39, 0.29) is 0 Å². The monoisotopic (exact) mass is 365 g/mol. The molecule has 26 heavy (non-hydrogen) atoms. The predicted octanol–water partition coefficient (Wildman–Crippen LogP) is 3.51. The quantitative estimate of drug-likeness (QED) is 0.579. The van der Waals surface area contributed by atoms with Crippen molar-refractivity contribution >= 4 is 39.9 Å². The molecule has 0 unspecified atom stereocenters. The minimum Gasteiger partial charge on any atom is -0.306 e. The van der Waals surface area contributed by atoms with Crippen LogP contribution < -0.4 is 10.6 Å². The van der Waals surface area contributed by atoms with Gasteiger partial charge in [0.05, 0.1) is 34.3 Å². The van der Waals surface area contributed by atoms with Crippen molar-refractivity contribution in [2.45, 2.75) is 0 Å². The number of carbonyl (C=O) groups excluding carboxylic acids is 1. The summed E-state index contributed by atoms with van der Waals surface area (Å²) in [5.74, 6) is 0.425. The lowest BCUT2D eigenvalue weighted by atomic mass is 10.2. The van der Waals surface area contributed by atoms with E-state index >= 15 is 0 Å². The maximum Gasteiger partial charge on any atom is 0.323 e. The van der Waals surface area contributed by atoms with E-state index in [4.69, 9.17) is 11.6 Å². The fourth-order valence-corrected chi connectivity index (χ4v) is 2.67. The number of para-hydroxylation sites is 1. The second-order valence-corrected chi connectivity index (χ2v) is 5.77. The molecule has 0 radical (unpaired) electrons. The third kappa shape index (κ3) is 3.31. The van der Waals surface area contributed by atoms with Crippen LogP contribution in [0.1, 0.15) is 0 Å². The molecule has 3 aromatic heterocycles. The van der Waals surface area contributed by atoms with Gasteiger partial charge < -0.3 is 10.6 Å². The molecule has 0 spiro atoms. The maximum atomic E-state index is 12.2. The SMILES string of the molecule is O=C(Nc1cnc(-n2cncn2)c(Cl)c1)Nc1cnc2ccccc2c1. The molecule has 4 aromatic rings. The number of carbonyl (C=O) groups is 1. The van der Waals surface area contributed by atoms with Gasteiger partial charge in [-0.1, -0.05) is 29.8 Å². The molecular formula is C17H12ClN7O. The van der Waals surface area contributed by atoms with Crippen LogP contribution in [0, 0.1) is 0 Å². The Kier molecular flexibility index (Phi) is 4.16. The number of fused-ring (bicyclic) bond motifs is 1. The average Bonchev–Trinajstić information content (AvgIpc) is 3.16. The fourth-order valence-electron chi connectivity index (χ4n) is 2.42. The molecule has 0 aliphatic carbocycles. The van der Waals surface area contributed by atoms with Crippen molar-refractivity contribution in [3.05, 3.63) is 66.5 Å². The van der Waals surface area contributed by atoms with E-state index in [0.717, 1.165) is 10.9 Å². The highest BCUT2D eigenvalue weighted by Gasteiger charge is 2.09. The number of nitrogens with one attached hydrogen (secondary N) is 2. The molecule has 4 rings (SSSR count). The van der Waals surface area contributed by atoms with E-state index in [1.807, 2.05) is 30.3 Å². The second kappa shape index (κ2) is 6.77. The second-order valence-electron chi connectivity index (χ2n) is 5.37. The summed E-state index contributed by atoms with van der Waals surface area (Å²) in [5, 5.41) is 10.7. The summed E-state index contributed by atoms with van der Waals surface area (Å²) < 4.78 is 1.44. The van der Waals surface area contributed by atoms with E-state index in [0.29, 0.717) is 22.2 Å². The topological polar surface area (TPSA) is 97.6 Å². The third-order valence-corrected chi connectivity index (χ3v) is 3.84. The molecule has 2 N–H and O–H groups in total. The number of pyridine rings is 2. The van der Waals surface area contributed by atoms with Crippen LogP contribution in [0.25, 0.3) is 16.7 Å². The number of halogens is 1. The van der Waals surface area contributed by atoms with Gasteiger partial charge in [-0.3, -0.25) is 4.98 Å². The molecule has 0 aliphatic heterocycles. The molecule has 1 aromatic carbocycles. The Hall–Kier alpha value is -3.52. The van der Waals surface area contributed by atoms with Gasteiger partial charge in [0.2, 0.25) is 0 Å². The van der Waals surface area contributed by atoms with Gasteiger partial charge in [0, 0.05) is 5.39 Å². The Labute approximate surface area is 152 Å². The molecule has 128 valence electrons. The minimum atomic E-state index is -0.423. The zero-order valence-electron chi connectivity index (χ0n) is 13.3. The zero-order valence-corrected chi connectivity index (χ0v) is 14.1. The van der Waals surface area contributed by atoms with Crippen LogP contribution in [0.15, 0.2) is 61.4 Å².